The number of fused-ring (bicyclic) bond motifs is 1. The highest BCUT2D eigenvalue weighted by Crippen LogP contribution is 2.31. The van der Waals surface area contributed by atoms with Crippen LogP contribution in [0, 0.1) is 0 Å². The van der Waals surface area contributed by atoms with Gasteiger partial charge in [-0.05, 0) is 39.9 Å². The summed E-state index contributed by atoms with van der Waals surface area (Å²) in [6.45, 7) is 2.56. The van der Waals surface area contributed by atoms with E-state index in [1.165, 1.54) is 10.6 Å². The lowest BCUT2D eigenvalue weighted by atomic mass is 9.99. The van der Waals surface area contributed by atoms with Crippen molar-refractivity contribution in [3.63, 3.8) is 0 Å². The van der Waals surface area contributed by atoms with Gasteiger partial charge in [0.2, 0.25) is 10.0 Å². The Labute approximate surface area is 188 Å². The zero-order valence-corrected chi connectivity index (χ0v) is 18.8. The maximum Gasteiger partial charge on any atom is 0.324 e. The predicted octanol–water partition coefficient (Wildman–Crippen LogP) is 4.07. The lowest BCUT2D eigenvalue weighted by molar-refractivity contribution is 0.219. The number of nitrogens with zero attached hydrogens (tertiary/aromatic N) is 3. The Balaban J connectivity index is 1.35. The smallest absolute Gasteiger partial charge is 0.318 e. The molecule has 164 valence electrons. The van der Waals surface area contributed by atoms with Gasteiger partial charge in [-0.2, -0.15) is 4.31 Å². The van der Waals surface area contributed by atoms with Crippen molar-refractivity contribution in [3.05, 3.63) is 89.5 Å². The average Bonchev–Trinajstić information content (AvgIpc) is 3.38. The molecule has 3 aromatic carbocycles. The second-order valence-corrected chi connectivity index (χ2v) is 10.3. The van der Waals surface area contributed by atoms with Crippen LogP contribution in [-0.4, -0.2) is 43.0 Å². The summed E-state index contributed by atoms with van der Waals surface area (Å²) in [4.78, 5) is 16.9. The molecule has 0 saturated carbocycles. The van der Waals surface area contributed by atoms with Crippen LogP contribution in [0.25, 0.3) is 11.1 Å². The second-order valence-electron chi connectivity index (χ2n) is 8.36. The van der Waals surface area contributed by atoms with Crippen LogP contribution in [0.4, 0.5) is 10.5 Å². The average molecular weight is 448 g/mol. The van der Waals surface area contributed by atoms with Gasteiger partial charge in [0.25, 0.3) is 0 Å². The number of hydrogen-bond donors (Lipinski definition) is 0. The maximum atomic E-state index is 13.2. The minimum Gasteiger partial charge on any atom is -0.318 e. The minimum atomic E-state index is -3.24. The molecule has 1 saturated heterocycles. The van der Waals surface area contributed by atoms with Gasteiger partial charge < -0.3 is 4.90 Å². The number of anilines is 1. The van der Waals surface area contributed by atoms with Crippen LogP contribution in [0.1, 0.15) is 16.7 Å². The van der Waals surface area contributed by atoms with Crippen LogP contribution in [-0.2, 0) is 29.7 Å². The summed E-state index contributed by atoms with van der Waals surface area (Å²) in [5.41, 5.74) is 6.18. The van der Waals surface area contributed by atoms with Crippen molar-refractivity contribution in [3.8, 4) is 11.1 Å². The summed E-state index contributed by atoms with van der Waals surface area (Å²) >= 11 is 0. The van der Waals surface area contributed by atoms with Crippen molar-refractivity contribution < 1.29 is 13.2 Å². The van der Waals surface area contributed by atoms with Gasteiger partial charge >= 0.3 is 6.03 Å². The maximum absolute atomic E-state index is 13.2. The standard InChI is InChI=1S/C25H25N3O3S/c1-32(30,31)27-17-20-11-12-23(15-22(20)18-27)28-14-13-26(25(28)29)16-21-9-5-6-10-24(21)19-7-3-2-4-8-19/h2-12,15H,13-14,16-18H2,1H3. The van der Waals surface area contributed by atoms with Crippen molar-refractivity contribution in [2.45, 2.75) is 19.6 Å². The number of benzene rings is 3. The van der Waals surface area contributed by atoms with Crippen molar-refractivity contribution in [2.24, 2.45) is 0 Å². The molecule has 6 nitrogen and oxygen atoms in total. The second kappa shape index (κ2) is 8.07. The molecular weight excluding hydrogens is 422 g/mol. The molecule has 2 amide bonds. The van der Waals surface area contributed by atoms with E-state index in [9.17, 15) is 13.2 Å². The van der Waals surface area contributed by atoms with Crippen LogP contribution in [0.5, 0.6) is 0 Å². The van der Waals surface area contributed by atoms with Gasteiger partial charge in [0.05, 0.1) is 6.26 Å². The Bertz CT molecular complexity index is 1270. The van der Waals surface area contributed by atoms with Crippen LogP contribution in [0.15, 0.2) is 72.8 Å². The van der Waals surface area contributed by atoms with Crippen molar-refractivity contribution >= 4 is 21.7 Å². The molecule has 0 atom stereocenters. The first kappa shape index (κ1) is 20.7. The van der Waals surface area contributed by atoms with Gasteiger partial charge in [-0.3, -0.25) is 4.90 Å². The quantitative estimate of drug-likeness (QED) is 0.592. The summed E-state index contributed by atoms with van der Waals surface area (Å²) in [7, 11) is -3.24. The first-order valence-electron chi connectivity index (χ1n) is 10.7. The van der Waals surface area contributed by atoms with Crippen molar-refractivity contribution in [2.75, 3.05) is 24.2 Å². The Morgan fingerprint density at radius 3 is 2.34 bits per heavy atom. The van der Waals surface area contributed by atoms with E-state index in [1.807, 2.05) is 53.4 Å². The van der Waals surface area contributed by atoms with Gasteiger partial charge in [0, 0.05) is 38.4 Å². The molecule has 32 heavy (non-hydrogen) atoms. The predicted molar refractivity (Wildman–Crippen MR) is 126 cm³/mol. The normalized spacial score (nSPS) is 16.6. The summed E-state index contributed by atoms with van der Waals surface area (Å²) in [5, 5.41) is 0. The van der Waals surface area contributed by atoms with E-state index in [0.717, 1.165) is 33.5 Å². The lowest BCUT2D eigenvalue weighted by Gasteiger charge is -2.20. The van der Waals surface area contributed by atoms with Crippen molar-refractivity contribution in [1.82, 2.24) is 9.21 Å². The fourth-order valence-corrected chi connectivity index (χ4v) is 5.23. The third kappa shape index (κ3) is 3.89. The molecule has 2 aliphatic heterocycles. The van der Waals surface area contributed by atoms with E-state index in [2.05, 4.69) is 24.3 Å². The molecule has 0 aromatic heterocycles. The third-order valence-corrected chi connectivity index (χ3v) is 7.42. The lowest BCUT2D eigenvalue weighted by Crippen LogP contribution is -2.31. The van der Waals surface area contributed by atoms with Gasteiger partial charge in [0.1, 0.15) is 0 Å². The third-order valence-electron chi connectivity index (χ3n) is 6.22. The Morgan fingerprint density at radius 2 is 1.56 bits per heavy atom. The molecule has 0 radical (unpaired) electrons. The molecule has 7 heteroatoms. The van der Waals surface area contributed by atoms with E-state index in [-0.39, 0.29) is 6.03 Å². The molecule has 0 spiro atoms. The largest absolute Gasteiger partial charge is 0.324 e. The first-order chi connectivity index (χ1) is 15.4. The van der Waals surface area contributed by atoms with E-state index < -0.39 is 10.0 Å². The number of sulfonamides is 1. The molecule has 0 bridgehead atoms. The summed E-state index contributed by atoms with van der Waals surface area (Å²) in [5.74, 6) is 0. The topological polar surface area (TPSA) is 60.9 Å². The van der Waals surface area contributed by atoms with Gasteiger partial charge in [-0.25, -0.2) is 13.2 Å². The molecule has 0 N–H and O–H groups in total. The SMILES string of the molecule is CS(=O)(=O)N1Cc2ccc(N3CCN(Cc4ccccc4-c4ccccc4)C3=O)cc2C1. The summed E-state index contributed by atoms with van der Waals surface area (Å²) in [6, 6.07) is 24.2. The van der Waals surface area contributed by atoms with Crippen LogP contribution in [0.2, 0.25) is 0 Å². The van der Waals surface area contributed by atoms with E-state index in [4.69, 9.17) is 0 Å². The van der Waals surface area contributed by atoms with Crippen molar-refractivity contribution in [1.29, 1.82) is 0 Å². The zero-order valence-electron chi connectivity index (χ0n) is 17.9. The number of rotatable bonds is 5. The molecular formula is C25H25N3O3S. The Morgan fingerprint density at radius 1 is 0.844 bits per heavy atom. The van der Waals surface area contributed by atoms with E-state index >= 15 is 0 Å². The number of carbonyl (C=O) groups excluding carboxylic acids is 1. The van der Waals surface area contributed by atoms with Gasteiger partial charge in [0.15, 0.2) is 0 Å². The number of hydrogen-bond acceptors (Lipinski definition) is 3. The molecule has 0 aliphatic carbocycles. The highest BCUT2D eigenvalue weighted by Gasteiger charge is 2.32. The number of urea groups is 1. The molecule has 0 unspecified atom stereocenters. The first-order valence-corrected chi connectivity index (χ1v) is 12.5. The molecule has 1 fully saturated rings. The monoisotopic (exact) mass is 447 g/mol. The molecule has 2 aliphatic rings. The Kier molecular flexibility index (Phi) is 5.23. The molecule has 2 heterocycles. The zero-order chi connectivity index (χ0) is 22.3. The van der Waals surface area contributed by atoms with Crippen LogP contribution < -0.4 is 4.90 Å². The number of carbonyl (C=O) groups is 1. The minimum absolute atomic E-state index is 0.0224. The fraction of sp³-hybridized carbons (Fsp3) is 0.240. The molecule has 3 aromatic rings. The van der Waals surface area contributed by atoms with Crippen LogP contribution >= 0.6 is 0 Å². The van der Waals surface area contributed by atoms with E-state index in [0.29, 0.717) is 32.7 Å². The summed E-state index contributed by atoms with van der Waals surface area (Å²) < 4.78 is 25.3. The Hall–Kier alpha value is -3.16. The number of amides is 2. The fourth-order valence-electron chi connectivity index (χ4n) is 4.48. The van der Waals surface area contributed by atoms with Crippen LogP contribution in [0.3, 0.4) is 0 Å². The van der Waals surface area contributed by atoms with Gasteiger partial charge in [-0.15, -0.1) is 0 Å². The van der Waals surface area contributed by atoms with Gasteiger partial charge in [-0.1, -0.05) is 60.7 Å². The highest BCUT2D eigenvalue weighted by atomic mass is 32.2. The highest BCUT2D eigenvalue weighted by molar-refractivity contribution is 7.88. The molecule has 5 rings (SSSR count). The van der Waals surface area contributed by atoms with E-state index in [1.54, 1.807) is 4.90 Å². The summed E-state index contributed by atoms with van der Waals surface area (Å²) in [6.07, 6.45) is 1.23.